The maximum absolute atomic E-state index is 11.8. The molecule has 0 bridgehead atoms. The van der Waals surface area contributed by atoms with Crippen molar-refractivity contribution in [2.45, 2.75) is 6.42 Å². The van der Waals surface area contributed by atoms with Crippen LogP contribution in [0.3, 0.4) is 0 Å². The van der Waals surface area contributed by atoms with Gasteiger partial charge in [0.05, 0.1) is 0 Å². The lowest BCUT2D eigenvalue weighted by molar-refractivity contribution is 0.0970. The summed E-state index contributed by atoms with van der Waals surface area (Å²) in [5, 5.41) is 0. The maximum Gasteiger partial charge on any atom is 0.164 e. The molecule has 2 nitrogen and oxygen atoms in total. The highest BCUT2D eigenvalue weighted by atomic mass is 32.2. The SMILES string of the molecule is CSCCN(C)CCC(=O)c1ccccc1. The molecule has 0 N–H and O–H groups in total. The molecule has 1 aromatic rings. The second-order valence-electron chi connectivity index (χ2n) is 3.84. The van der Waals surface area contributed by atoms with Crippen molar-refractivity contribution in [2.75, 3.05) is 32.1 Å². The number of carbonyl (C=O) groups is 1. The molecule has 0 aliphatic carbocycles. The van der Waals surface area contributed by atoms with Crippen LogP contribution in [0.1, 0.15) is 16.8 Å². The van der Waals surface area contributed by atoms with Crippen molar-refractivity contribution in [3.05, 3.63) is 35.9 Å². The Bertz CT molecular complexity index is 313. The number of benzene rings is 1. The van der Waals surface area contributed by atoms with E-state index in [4.69, 9.17) is 0 Å². The van der Waals surface area contributed by atoms with Gasteiger partial charge in [-0.25, -0.2) is 0 Å². The Labute approximate surface area is 102 Å². The average molecular weight is 237 g/mol. The van der Waals surface area contributed by atoms with E-state index in [1.807, 2.05) is 42.1 Å². The molecule has 16 heavy (non-hydrogen) atoms. The fraction of sp³-hybridized carbons (Fsp3) is 0.462. The Kier molecular flexibility index (Phi) is 6.19. The van der Waals surface area contributed by atoms with Crippen LogP contribution in [-0.2, 0) is 0 Å². The van der Waals surface area contributed by atoms with Gasteiger partial charge in [0.25, 0.3) is 0 Å². The van der Waals surface area contributed by atoms with E-state index in [9.17, 15) is 4.79 Å². The van der Waals surface area contributed by atoms with Crippen molar-refractivity contribution >= 4 is 17.5 Å². The first kappa shape index (κ1) is 13.3. The topological polar surface area (TPSA) is 20.3 Å². The van der Waals surface area contributed by atoms with Crippen LogP contribution < -0.4 is 0 Å². The summed E-state index contributed by atoms with van der Waals surface area (Å²) in [6, 6.07) is 9.51. The highest BCUT2D eigenvalue weighted by molar-refractivity contribution is 7.98. The largest absolute Gasteiger partial charge is 0.305 e. The molecule has 0 fully saturated rings. The maximum atomic E-state index is 11.8. The summed E-state index contributed by atoms with van der Waals surface area (Å²) in [7, 11) is 2.06. The summed E-state index contributed by atoms with van der Waals surface area (Å²) in [5.41, 5.74) is 0.820. The molecule has 0 aromatic heterocycles. The minimum absolute atomic E-state index is 0.233. The molecule has 0 heterocycles. The number of hydrogen-bond donors (Lipinski definition) is 0. The normalized spacial score (nSPS) is 10.7. The van der Waals surface area contributed by atoms with Crippen molar-refractivity contribution in [1.82, 2.24) is 4.90 Å². The Hall–Kier alpha value is -0.800. The van der Waals surface area contributed by atoms with Gasteiger partial charge in [-0.3, -0.25) is 4.79 Å². The Morgan fingerprint density at radius 1 is 1.25 bits per heavy atom. The lowest BCUT2D eigenvalue weighted by atomic mass is 10.1. The fourth-order valence-corrected chi connectivity index (χ4v) is 1.91. The molecule has 0 aliphatic heterocycles. The average Bonchev–Trinajstić information content (AvgIpc) is 2.34. The van der Waals surface area contributed by atoms with Crippen molar-refractivity contribution in [3.63, 3.8) is 0 Å². The molecule has 0 saturated heterocycles. The summed E-state index contributed by atoms with van der Waals surface area (Å²) >= 11 is 1.83. The number of ketones is 1. The van der Waals surface area contributed by atoms with Gasteiger partial charge in [0.1, 0.15) is 0 Å². The van der Waals surface area contributed by atoms with E-state index in [1.54, 1.807) is 0 Å². The van der Waals surface area contributed by atoms with Gasteiger partial charge in [0.15, 0.2) is 5.78 Å². The molecule has 3 heteroatoms. The molecule has 0 aliphatic rings. The molecular weight excluding hydrogens is 218 g/mol. The summed E-state index contributed by atoms with van der Waals surface area (Å²) in [5.74, 6) is 1.35. The molecule has 0 amide bonds. The third-order valence-corrected chi connectivity index (χ3v) is 3.08. The van der Waals surface area contributed by atoms with E-state index in [2.05, 4.69) is 18.2 Å². The van der Waals surface area contributed by atoms with Gasteiger partial charge < -0.3 is 4.90 Å². The van der Waals surface area contributed by atoms with Crippen LogP contribution in [0.25, 0.3) is 0 Å². The monoisotopic (exact) mass is 237 g/mol. The van der Waals surface area contributed by atoms with E-state index in [1.165, 1.54) is 0 Å². The van der Waals surface area contributed by atoms with E-state index >= 15 is 0 Å². The fourth-order valence-electron chi connectivity index (χ4n) is 1.42. The number of hydrogen-bond acceptors (Lipinski definition) is 3. The van der Waals surface area contributed by atoms with Crippen LogP contribution in [0.15, 0.2) is 30.3 Å². The number of thioether (sulfide) groups is 1. The Morgan fingerprint density at radius 2 is 1.94 bits per heavy atom. The van der Waals surface area contributed by atoms with Crippen molar-refractivity contribution in [3.8, 4) is 0 Å². The molecule has 0 unspecified atom stereocenters. The first-order valence-electron chi connectivity index (χ1n) is 5.49. The van der Waals surface area contributed by atoms with Gasteiger partial charge in [-0.1, -0.05) is 30.3 Å². The Balaban J connectivity index is 2.30. The van der Waals surface area contributed by atoms with Gasteiger partial charge in [0.2, 0.25) is 0 Å². The van der Waals surface area contributed by atoms with Crippen LogP contribution in [0.5, 0.6) is 0 Å². The summed E-state index contributed by atoms with van der Waals surface area (Å²) in [6.45, 7) is 1.89. The number of Topliss-reactive ketones (excluding diaryl/α,β-unsaturated/α-hetero) is 1. The summed E-state index contributed by atoms with van der Waals surface area (Å²) < 4.78 is 0. The molecule has 0 radical (unpaired) electrons. The second-order valence-corrected chi connectivity index (χ2v) is 4.82. The third kappa shape index (κ3) is 4.81. The van der Waals surface area contributed by atoms with Crippen molar-refractivity contribution in [2.24, 2.45) is 0 Å². The van der Waals surface area contributed by atoms with E-state index in [0.29, 0.717) is 6.42 Å². The molecule has 1 aromatic carbocycles. The first-order chi connectivity index (χ1) is 7.74. The number of rotatable bonds is 7. The van der Waals surface area contributed by atoms with Crippen LogP contribution in [0.4, 0.5) is 0 Å². The summed E-state index contributed by atoms with van der Waals surface area (Å²) in [4.78, 5) is 14.0. The second kappa shape index (κ2) is 7.47. The highest BCUT2D eigenvalue weighted by Gasteiger charge is 2.06. The van der Waals surface area contributed by atoms with Crippen LogP contribution >= 0.6 is 11.8 Å². The Morgan fingerprint density at radius 3 is 2.56 bits per heavy atom. The zero-order valence-electron chi connectivity index (χ0n) is 9.98. The quantitative estimate of drug-likeness (QED) is 0.680. The molecule has 0 atom stereocenters. The van der Waals surface area contributed by atoms with Gasteiger partial charge in [-0.15, -0.1) is 0 Å². The predicted octanol–water partition coefficient (Wildman–Crippen LogP) is 2.55. The number of nitrogens with zero attached hydrogens (tertiary/aromatic N) is 1. The minimum atomic E-state index is 0.233. The van der Waals surface area contributed by atoms with Gasteiger partial charge in [-0.05, 0) is 13.3 Å². The van der Waals surface area contributed by atoms with Crippen LogP contribution in [0, 0.1) is 0 Å². The standard InChI is InChI=1S/C13H19NOS/c1-14(10-11-16-2)9-8-13(15)12-6-4-3-5-7-12/h3-7H,8-11H2,1-2H3. The summed E-state index contributed by atoms with van der Waals surface area (Å²) in [6.07, 6.45) is 2.71. The van der Waals surface area contributed by atoms with E-state index < -0.39 is 0 Å². The smallest absolute Gasteiger partial charge is 0.164 e. The third-order valence-electron chi connectivity index (χ3n) is 2.49. The van der Waals surface area contributed by atoms with Gasteiger partial charge >= 0.3 is 0 Å². The molecule has 88 valence electrons. The van der Waals surface area contributed by atoms with E-state index in [-0.39, 0.29) is 5.78 Å². The number of carbonyl (C=O) groups excluding carboxylic acids is 1. The van der Waals surface area contributed by atoms with E-state index in [0.717, 1.165) is 24.4 Å². The molecule has 1 rings (SSSR count). The lowest BCUT2D eigenvalue weighted by Crippen LogP contribution is -2.24. The first-order valence-corrected chi connectivity index (χ1v) is 6.89. The molecule has 0 spiro atoms. The minimum Gasteiger partial charge on any atom is -0.305 e. The highest BCUT2D eigenvalue weighted by Crippen LogP contribution is 2.03. The van der Waals surface area contributed by atoms with Crippen molar-refractivity contribution in [1.29, 1.82) is 0 Å². The van der Waals surface area contributed by atoms with Gasteiger partial charge in [0, 0.05) is 30.8 Å². The molecule has 0 saturated carbocycles. The zero-order chi connectivity index (χ0) is 11.8. The predicted molar refractivity (Wildman–Crippen MR) is 71.3 cm³/mol. The van der Waals surface area contributed by atoms with Crippen LogP contribution in [0.2, 0.25) is 0 Å². The zero-order valence-corrected chi connectivity index (χ0v) is 10.8. The van der Waals surface area contributed by atoms with Crippen molar-refractivity contribution < 1.29 is 4.79 Å². The van der Waals surface area contributed by atoms with Crippen LogP contribution in [-0.4, -0.2) is 42.8 Å². The lowest BCUT2D eigenvalue weighted by Gasteiger charge is -2.14. The van der Waals surface area contributed by atoms with Gasteiger partial charge in [-0.2, -0.15) is 11.8 Å². The molecular formula is C13H19NOS.